The van der Waals surface area contributed by atoms with Crippen molar-refractivity contribution in [3.63, 3.8) is 0 Å². The first-order chi connectivity index (χ1) is 23.7. The number of amides is 4. The van der Waals surface area contributed by atoms with E-state index in [9.17, 15) is 37.5 Å². The van der Waals surface area contributed by atoms with Gasteiger partial charge in [-0.3, -0.25) is 24.1 Å². The monoisotopic (exact) mass is 732 g/mol. The zero-order valence-corrected chi connectivity index (χ0v) is 27.1. The van der Waals surface area contributed by atoms with E-state index in [1.54, 1.807) is 36.4 Å². The molecule has 1 saturated carbocycles. The Morgan fingerprint density at radius 3 is 2.12 bits per heavy atom. The number of ether oxygens (including phenoxy) is 1. The van der Waals surface area contributed by atoms with Crippen molar-refractivity contribution in [1.82, 2.24) is 0 Å². The van der Waals surface area contributed by atoms with Gasteiger partial charge < -0.3 is 9.84 Å². The standard InChI is InChI=1S/C35H23Cl2F5N2O6/c1-50-22-13-15(8-12-21(22)45)7-11-20-17-9-10-18-23(31(47)43(30(18)46)16-5-3-2-4-6-16)19(17)14-34(36)32(48)44(33(49)35(20,34)37)29-27(41)25(39)24(38)26(40)28(29)42/h2-9,11-13,18-20,23,45H,10,14H2,1H3. The number of para-hydroxylation sites is 1. The van der Waals surface area contributed by atoms with Gasteiger partial charge in [0, 0.05) is 5.92 Å². The van der Waals surface area contributed by atoms with E-state index in [0.717, 1.165) is 4.90 Å². The number of nitrogens with zero attached hydrogens (tertiary/aromatic N) is 2. The third kappa shape index (κ3) is 4.41. The van der Waals surface area contributed by atoms with Crippen LogP contribution in [0, 0.1) is 52.8 Å². The van der Waals surface area contributed by atoms with Gasteiger partial charge in [-0.1, -0.05) is 48.1 Å². The molecule has 15 heteroatoms. The van der Waals surface area contributed by atoms with E-state index in [2.05, 4.69) is 0 Å². The van der Waals surface area contributed by atoms with Crippen LogP contribution in [0.4, 0.5) is 33.3 Å². The molecule has 2 aliphatic carbocycles. The molecular weight excluding hydrogens is 710 g/mol. The molecule has 8 nitrogen and oxygen atoms in total. The number of rotatable bonds is 5. The van der Waals surface area contributed by atoms with Gasteiger partial charge in [0.15, 0.2) is 44.5 Å². The van der Waals surface area contributed by atoms with E-state index in [-0.39, 0.29) is 22.8 Å². The Hall–Kier alpha value is -4.75. The van der Waals surface area contributed by atoms with Gasteiger partial charge >= 0.3 is 0 Å². The van der Waals surface area contributed by atoms with Crippen LogP contribution in [0.5, 0.6) is 11.5 Å². The van der Waals surface area contributed by atoms with Crippen LogP contribution in [0.15, 0.2) is 66.3 Å². The van der Waals surface area contributed by atoms with Crippen molar-refractivity contribution >= 4 is 64.3 Å². The lowest BCUT2D eigenvalue weighted by Crippen LogP contribution is -2.60. The highest BCUT2D eigenvalue weighted by molar-refractivity contribution is 6.58. The highest BCUT2D eigenvalue weighted by Gasteiger charge is 2.76. The molecule has 2 heterocycles. The first kappa shape index (κ1) is 33.7. The molecule has 0 radical (unpaired) electrons. The van der Waals surface area contributed by atoms with Crippen molar-refractivity contribution in [3.8, 4) is 11.5 Å². The van der Waals surface area contributed by atoms with Crippen molar-refractivity contribution in [2.24, 2.45) is 23.7 Å². The lowest BCUT2D eigenvalue weighted by atomic mass is 9.57. The summed E-state index contributed by atoms with van der Waals surface area (Å²) in [7, 11) is 1.31. The second kappa shape index (κ2) is 11.7. The third-order valence-corrected chi connectivity index (χ3v) is 11.4. The number of allylic oxidation sites excluding steroid dienone is 3. The average molecular weight is 733 g/mol. The number of carbonyl (C=O) groups excluding carboxylic acids is 4. The number of methoxy groups -OCH3 is 1. The Morgan fingerprint density at radius 1 is 0.840 bits per heavy atom. The summed E-state index contributed by atoms with van der Waals surface area (Å²) >= 11 is 14.2. The summed E-state index contributed by atoms with van der Waals surface area (Å²) in [4.78, 5) is 51.7. The second-order valence-electron chi connectivity index (χ2n) is 12.4. The number of halogens is 7. The number of hydrogen-bond acceptors (Lipinski definition) is 6. The van der Waals surface area contributed by atoms with Gasteiger partial charge in [0.25, 0.3) is 11.8 Å². The minimum absolute atomic E-state index is 0.00747. The summed E-state index contributed by atoms with van der Waals surface area (Å²) in [5.74, 6) is -21.2. The minimum atomic E-state index is -2.64. The first-order valence-electron chi connectivity index (χ1n) is 15.1. The molecule has 7 rings (SSSR count). The minimum Gasteiger partial charge on any atom is -0.504 e. The molecule has 4 amide bonds. The Morgan fingerprint density at radius 2 is 1.48 bits per heavy atom. The quantitative estimate of drug-likeness (QED) is 0.0813. The normalized spacial score (nSPS) is 29.0. The van der Waals surface area contributed by atoms with Crippen LogP contribution in [0.25, 0.3) is 6.08 Å². The number of phenols is 1. The zero-order valence-electron chi connectivity index (χ0n) is 25.6. The highest BCUT2D eigenvalue weighted by atomic mass is 35.5. The molecule has 258 valence electrons. The number of aromatic hydroxyl groups is 1. The Balaban J connectivity index is 1.40. The summed E-state index contributed by atoms with van der Waals surface area (Å²) < 4.78 is 78.3. The summed E-state index contributed by atoms with van der Waals surface area (Å²) in [6, 6.07) is 12.3. The number of phenolic OH excluding ortho intramolecular Hbond substituents is 1. The molecule has 0 spiro atoms. The first-order valence-corrected chi connectivity index (χ1v) is 15.9. The van der Waals surface area contributed by atoms with E-state index in [4.69, 9.17) is 27.9 Å². The van der Waals surface area contributed by atoms with E-state index < -0.39 is 98.2 Å². The lowest BCUT2D eigenvalue weighted by Gasteiger charge is -2.49. The van der Waals surface area contributed by atoms with Crippen LogP contribution in [-0.4, -0.2) is 45.6 Å². The molecule has 2 saturated heterocycles. The molecule has 2 aliphatic heterocycles. The number of imide groups is 2. The van der Waals surface area contributed by atoms with Crippen LogP contribution in [0.2, 0.25) is 0 Å². The molecule has 6 atom stereocenters. The maximum absolute atomic E-state index is 15.2. The lowest BCUT2D eigenvalue weighted by molar-refractivity contribution is -0.125. The summed E-state index contributed by atoms with van der Waals surface area (Å²) in [5, 5.41) is 10.1. The van der Waals surface area contributed by atoms with Gasteiger partial charge in [-0.15, -0.1) is 23.2 Å². The smallest absolute Gasteiger partial charge is 0.258 e. The van der Waals surface area contributed by atoms with Crippen molar-refractivity contribution in [2.75, 3.05) is 16.9 Å². The maximum Gasteiger partial charge on any atom is 0.258 e. The second-order valence-corrected chi connectivity index (χ2v) is 13.6. The molecule has 0 bridgehead atoms. The van der Waals surface area contributed by atoms with Crippen molar-refractivity contribution in [2.45, 2.75) is 22.6 Å². The maximum atomic E-state index is 15.2. The van der Waals surface area contributed by atoms with Crippen LogP contribution in [0.3, 0.4) is 0 Å². The van der Waals surface area contributed by atoms with Crippen molar-refractivity contribution in [3.05, 3.63) is 101 Å². The summed E-state index contributed by atoms with van der Waals surface area (Å²) in [6.07, 6.45) is 3.78. The summed E-state index contributed by atoms with van der Waals surface area (Å²) in [5.41, 5.74) is -0.874. The SMILES string of the molecule is COc1cc(C=CC2C3=CCC4C(=O)N(c5ccccc5)C(=O)C4C3CC3(Cl)C(=O)N(c4c(F)c(F)c(F)c(F)c4F)C(=O)C23Cl)ccc1O. The Kier molecular flexibility index (Phi) is 7.87. The Bertz CT molecular complexity index is 2070. The predicted octanol–water partition coefficient (Wildman–Crippen LogP) is 6.41. The van der Waals surface area contributed by atoms with Crippen LogP contribution in [-0.2, 0) is 19.2 Å². The Labute approximate surface area is 290 Å². The van der Waals surface area contributed by atoms with Gasteiger partial charge in [0.1, 0.15) is 5.69 Å². The van der Waals surface area contributed by atoms with Gasteiger partial charge in [0.2, 0.25) is 17.6 Å². The van der Waals surface area contributed by atoms with Crippen LogP contribution < -0.4 is 14.5 Å². The fraction of sp³-hybridized carbons (Fsp3) is 0.257. The molecular formula is C35H23Cl2F5N2O6. The van der Waals surface area contributed by atoms with Crippen LogP contribution in [0.1, 0.15) is 18.4 Å². The van der Waals surface area contributed by atoms with E-state index in [1.165, 1.54) is 37.5 Å². The number of alkyl halides is 2. The van der Waals surface area contributed by atoms with Crippen LogP contribution >= 0.6 is 23.2 Å². The molecule has 6 unspecified atom stereocenters. The number of anilines is 2. The highest BCUT2D eigenvalue weighted by Crippen LogP contribution is 2.64. The molecule has 3 aromatic rings. The molecule has 3 aromatic carbocycles. The van der Waals surface area contributed by atoms with Crippen molar-refractivity contribution in [1.29, 1.82) is 0 Å². The molecule has 4 aliphatic rings. The van der Waals surface area contributed by atoms with Gasteiger partial charge in [-0.05, 0) is 48.6 Å². The fourth-order valence-corrected chi connectivity index (χ4v) is 8.54. The van der Waals surface area contributed by atoms with E-state index in [1.807, 2.05) is 0 Å². The largest absolute Gasteiger partial charge is 0.504 e. The van der Waals surface area contributed by atoms with E-state index >= 15 is 8.78 Å². The average Bonchev–Trinajstić information content (AvgIpc) is 3.45. The van der Waals surface area contributed by atoms with Gasteiger partial charge in [-0.25, -0.2) is 26.9 Å². The molecule has 3 fully saturated rings. The van der Waals surface area contributed by atoms with Crippen molar-refractivity contribution < 1.29 is 51.0 Å². The predicted molar refractivity (Wildman–Crippen MR) is 170 cm³/mol. The molecule has 0 aromatic heterocycles. The number of hydrogen-bond donors (Lipinski definition) is 1. The summed E-state index contributed by atoms with van der Waals surface area (Å²) in [6.45, 7) is 0. The third-order valence-electron chi connectivity index (χ3n) is 9.98. The number of benzene rings is 3. The topological polar surface area (TPSA) is 104 Å². The van der Waals surface area contributed by atoms with Gasteiger partial charge in [-0.2, -0.15) is 0 Å². The zero-order chi connectivity index (χ0) is 36.0. The van der Waals surface area contributed by atoms with E-state index in [0.29, 0.717) is 16.8 Å². The number of fused-ring (bicyclic) bond motifs is 4. The number of carbonyl (C=O) groups is 4. The molecule has 50 heavy (non-hydrogen) atoms. The molecule has 1 N–H and O–H groups in total. The van der Waals surface area contributed by atoms with Gasteiger partial charge in [0.05, 0.1) is 24.6 Å². The fourth-order valence-electron chi connectivity index (χ4n) is 7.65.